The van der Waals surface area contributed by atoms with E-state index in [0.717, 1.165) is 146 Å². The van der Waals surface area contributed by atoms with E-state index in [2.05, 4.69) is 136 Å². The van der Waals surface area contributed by atoms with E-state index in [9.17, 15) is 0 Å². The molecule has 0 unspecified atom stereocenters. The summed E-state index contributed by atoms with van der Waals surface area (Å²) < 4.78 is 190. The first-order valence-corrected chi connectivity index (χ1v) is 36.6. The van der Waals surface area contributed by atoms with Crippen LogP contribution in [0.1, 0.15) is 62.3 Å². The summed E-state index contributed by atoms with van der Waals surface area (Å²) in [6.07, 6.45) is 4.41. The minimum atomic E-state index is -4.94. The SMILES string of the molecule is CCCC1Nc2ccc3nc2-c2nc(ccc2N1)CN1CCOCCOCCN(CCOCCOCC1)C3.CCCC1Nc2ccc3nc2-c2nc(ccc2N1)CN1CCOCCOCCN(CCOCCOCC1)C3.ClOOCl.[Ba+2].[Ba+2].[O-][Cl+3]([O-])([O-])[O-].[O-][Cl+3]([O-])([O-])[O-].[O-][Cl+3]([O-])([O-])[O-].[O-][Cl+3]([O-])([O-])[O-]. The van der Waals surface area contributed by atoms with E-state index in [-0.39, 0.29) is 110 Å². The molecule has 0 aliphatic carbocycles. The van der Waals surface area contributed by atoms with Crippen LogP contribution in [-0.4, -0.2) is 308 Å². The van der Waals surface area contributed by atoms with Crippen molar-refractivity contribution in [2.75, 3.05) is 179 Å². The molecule has 8 aliphatic heterocycles. The van der Waals surface area contributed by atoms with Gasteiger partial charge in [-0.15, -0.1) is 49.9 Å². The molecule has 102 heavy (non-hydrogen) atoms. The van der Waals surface area contributed by atoms with Crippen LogP contribution in [0.25, 0.3) is 22.8 Å². The number of rotatable bonds is 5. The van der Waals surface area contributed by atoms with Crippen molar-refractivity contribution in [2.45, 2.75) is 78.0 Å². The monoisotopic (exact) mass is 1830 g/mol. The molecule has 0 spiro atoms. The minimum Gasteiger partial charge on any atom is -0.378 e. The van der Waals surface area contributed by atoms with Gasteiger partial charge in [-0.05, 0) is 61.4 Å². The number of ether oxygens (including phenoxy) is 8. The molecule has 12 rings (SSSR count). The van der Waals surface area contributed by atoms with Crippen molar-refractivity contribution >= 4 is 144 Å². The van der Waals surface area contributed by atoms with Gasteiger partial charge in [0, 0.05) is 78.5 Å². The van der Waals surface area contributed by atoms with Gasteiger partial charge in [0.2, 0.25) is 0 Å². The van der Waals surface area contributed by atoms with Crippen LogP contribution in [0.15, 0.2) is 48.5 Å². The third kappa shape index (κ3) is 47.5. The molecule has 2 saturated heterocycles. The maximum atomic E-state index is 8.49. The summed E-state index contributed by atoms with van der Waals surface area (Å²) in [7, 11) is -19.8. The summed E-state index contributed by atoms with van der Waals surface area (Å²) in [4.78, 5) is 30.1. The van der Waals surface area contributed by atoms with Crippen molar-refractivity contribution in [1.29, 1.82) is 0 Å². The Balaban J connectivity index is 0.000000518. The second-order valence-corrected chi connectivity index (χ2v) is 25.0. The molecule has 12 heterocycles. The minimum absolute atomic E-state index is 0. The van der Waals surface area contributed by atoms with Crippen LogP contribution < -0.4 is 95.8 Å². The Labute approximate surface area is 690 Å². The predicted molar refractivity (Wildman–Crippen MR) is 320 cm³/mol. The summed E-state index contributed by atoms with van der Waals surface area (Å²) in [5, 5.41) is 14.7. The quantitative estimate of drug-likeness (QED) is 0.0819. The van der Waals surface area contributed by atoms with Crippen molar-refractivity contribution in [3.63, 3.8) is 0 Å². The maximum Gasteiger partial charge on any atom is 2.00 e. The van der Waals surface area contributed by atoms with E-state index >= 15 is 0 Å². The van der Waals surface area contributed by atoms with Gasteiger partial charge in [0.15, 0.2) is 0 Å². The Morgan fingerprint density at radius 3 is 0.647 bits per heavy atom. The Hall–Kier alpha value is -0.517. The number of halogens is 6. The van der Waals surface area contributed by atoms with Gasteiger partial charge in [0.05, 0.1) is 164 Å². The molecule has 0 radical (unpaired) electrons. The van der Waals surface area contributed by atoms with Crippen LogP contribution >= 0.6 is 23.7 Å². The predicted octanol–water partition coefficient (Wildman–Crippen LogP) is -12.9. The van der Waals surface area contributed by atoms with Crippen molar-refractivity contribution in [2.24, 2.45) is 0 Å². The number of nitrogens with zero attached hydrogens (tertiary/aromatic N) is 8. The van der Waals surface area contributed by atoms with Crippen LogP contribution in [0, 0.1) is 41.0 Å². The molecule has 0 aromatic carbocycles. The first kappa shape index (κ1) is 97.6. The van der Waals surface area contributed by atoms with E-state index in [1.54, 1.807) is 0 Å². The van der Waals surface area contributed by atoms with E-state index in [1.165, 1.54) is 0 Å². The van der Waals surface area contributed by atoms with Crippen molar-refractivity contribution in [3.8, 4) is 22.8 Å². The van der Waals surface area contributed by atoms with Crippen LogP contribution in [-0.2, 0) is 73.0 Å². The average Bonchev–Trinajstić information content (AvgIpc) is 1.56. The molecule has 4 aromatic rings. The number of nitrogens with one attached hydrogen (secondary N) is 4. The average molecular weight is 1830 g/mol. The fourth-order valence-electron chi connectivity index (χ4n) is 10.1. The summed E-state index contributed by atoms with van der Waals surface area (Å²) in [5.74, 6) is 0. The Kier molecular flexibility index (Phi) is 51.8. The first-order valence-electron chi connectivity index (χ1n) is 31.1. The van der Waals surface area contributed by atoms with Crippen LogP contribution in [0.4, 0.5) is 22.7 Å². The van der Waals surface area contributed by atoms with Crippen molar-refractivity contribution in [3.05, 3.63) is 71.3 Å². The third-order valence-corrected chi connectivity index (χ3v) is 14.4. The fraction of sp³-hybridized carbons (Fsp3) is 0.643. The Morgan fingerprint density at radius 1 is 0.333 bits per heavy atom. The van der Waals surface area contributed by atoms with E-state index in [4.69, 9.17) is 132 Å². The van der Waals surface area contributed by atoms with Gasteiger partial charge in [-0.1, -0.05) is 26.7 Å². The zero-order chi connectivity index (χ0) is 73.4. The molecule has 46 heteroatoms. The standard InChI is InChI=1S/2C28H42N6O4.2Ba.Cl2O2.4ClHO4/c2*1-2-3-26-31-24-6-4-22-20-33-8-12-35-16-18-37-14-10-34(11-15-38-19-17-36-13-9-33)21-23-5-7-25(32-26)28(30-23)27(24)29-22;;;1-3-4-2;4*2-1(3,4)5/h2*4-7,26,31-32H,2-3,8-21H2,1H3;;;;4*(H,2,3,4,5)/q;;2*+2;;;;;/p-4. The summed E-state index contributed by atoms with van der Waals surface area (Å²) in [5.41, 5.74) is 11.7. The molecule has 12 bridgehead atoms. The summed E-state index contributed by atoms with van der Waals surface area (Å²) >= 11 is 8.66. The van der Waals surface area contributed by atoms with Gasteiger partial charge >= 0.3 is 97.8 Å². The normalized spacial score (nSPS) is 21.7. The molecule has 8 aliphatic rings. The van der Waals surface area contributed by atoms with Crippen LogP contribution in [0.3, 0.4) is 0 Å². The van der Waals surface area contributed by atoms with Gasteiger partial charge < -0.3 is 59.2 Å². The second-order valence-electron chi connectivity index (χ2n) is 21.7. The van der Waals surface area contributed by atoms with E-state index < -0.39 is 41.0 Å². The molecule has 4 aromatic heterocycles. The topological polar surface area (TPSA) is 574 Å². The van der Waals surface area contributed by atoms with Crippen LogP contribution in [0.2, 0.25) is 0 Å². The summed E-state index contributed by atoms with van der Waals surface area (Å²) in [6.45, 7) is 23.5. The van der Waals surface area contributed by atoms with Gasteiger partial charge in [-0.3, -0.25) is 19.6 Å². The Bertz CT molecular complexity index is 2460. The number of aromatic nitrogens is 4. The van der Waals surface area contributed by atoms with Crippen molar-refractivity contribution in [1.82, 2.24) is 39.5 Å². The summed E-state index contributed by atoms with van der Waals surface area (Å²) in [6, 6.07) is 17.1. The smallest absolute Gasteiger partial charge is 0.378 e. The number of pyridine rings is 4. The molecule has 0 saturated carbocycles. The Morgan fingerprint density at radius 2 is 0.500 bits per heavy atom. The number of hydrogen-bond acceptors (Lipinski definition) is 38. The van der Waals surface area contributed by atoms with Gasteiger partial charge in [0.25, 0.3) is 0 Å². The first-order chi connectivity index (χ1) is 47.5. The number of fused-ring (bicyclic) bond motifs is 28. The van der Waals surface area contributed by atoms with E-state index in [1.807, 2.05) is 0 Å². The largest absolute Gasteiger partial charge is 2.00 e. The fourth-order valence-corrected chi connectivity index (χ4v) is 10.1. The van der Waals surface area contributed by atoms with Crippen LogP contribution in [0.5, 0.6) is 0 Å². The second kappa shape index (κ2) is 54.2. The van der Waals surface area contributed by atoms with E-state index in [0.29, 0.717) is 132 Å². The molecule has 0 atom stereocenters. The van der Waals surface area contributed by atoms with Crippen molar-refractivity contribution < 1.29 is 162 Å². The molecule has 38 nitrogen and oxygen atoms in total. The molecule has 2 fully saturated rings. The van der Waals surface area contributed by atoms with Gasteiger partial charge in [0.1, 0.15) is 46.5 Å². The zero-order valence-electron chi connectivity index (χ0n) is 56.3. The molecule has 570 valence electrons. The van der Waals surface area contributed by atoms with Gasteiger partial charge in [-0.2, -0.15) is 0 Å². The number of hydrogen-bond donors (Lipinski definition) is 4. The molecule has 0 amide bonds. The third-order valence-electron chi connectivity index (χ3n) is 14.2. The molecule has 4 N–H and O–H groups in total. The van der Waals surface area contributed by atoms with Gasteiger partial charge in [-0.25, -0.2) is 94.5 Å². The zero-order valence-corrected chi connectivity index (χ0v) is 69.7. The molecular weight excluding hydrogens is 1740 g/mol. The molecular formula is C56H84Ba2Cl6N12O26. The maximum absolute atomic E-state index is 8.49. The number of anilines is 4.